The highest BCUT2D eigenvalue weighted by Crippen LogP contribution is 2.27. The van der Waals surface area contributed by atoms with E-state index in [1.165, 1.54) is 0 Å². The molecule has 0 aliphatic heterocycles. The zero-order valence-corrected chi connectivity index (χ0v) is 20.3. The van der Waals surface area contributed by atoms with E-state index in [0.717, 1.165) is 35.3 Å². The zero-order valence-electron chi connectivity index (χ0n) is 20.3. The first-order valence-corrected chi connectivity index (χ1v) is 12.1. The number of nitrogens with one attached hydrogen (secondary N) is 1. The van der Waals surface area contributed by atoms with E-state index in [1.54, 1.807) is 12.4 Å². The molecule has 2 heterocycles. The van der Waals surface area contributed by atoms with Gasteiger partial charge in [-0.2, -0.15) is 0 Å². The molecule has 36 heavy (non-hydrogen) atoms. The number of benzene rings is 2. The smallest absolute Gasteiger partial charge is 0.221 e. The number of rotatable bonds is 10. The Morgan fingerprint density at radius 1 is 0.750 bits per heavy atom. The normalized spacial score (nSPS) is 10.6. The van der Waals surface area contributed by atoms with Crippen LogP contribution in [0.5, 0.6) is 0 Å². The SMILES string of the molecule is O=C(CC(c1ccccc1)c1ccccc1)NCC#CCN(Cc1cccnc1)Cc1cccnc1. The molecule has 0 radical (unpaired) electrons. The number of nitrogens with zero attached hydrogens (tertiary/aromatic N) is 3. The molecule has 2 aromatic heterocycles. The van der Waals surface area contributed by atoms with E-state index >= 15 is 0 Å². The Kier molecular flexibility index (Phi) is 9.37. The van der Waals surface area contributed by atoms with E-state index in [4.69, 9.17) is 0 Å². The average molecular weight is 475 g/mol. The van der Waals surface area contributed by atoms with Crippen LogP contribution in [-0.4, -0.2) is 33.9 Å². The fourth-order valence-corrected chi connectivity index (χ4v) is 4.10. The van der Waals surface area contributed by atoms with Crippen LogP contribution < -0.4 is 5.32 Å². The summed E-state index contributed by atoms with van der Waals surface area (Å²) in [7, 11) is 0. The van der Waals surface area contributed by atoms with Crippen LogP contribution >= 0.6 is 0 Å². The molecule has 0 atom stereocenters. The van der Waals surface area contributed by atoms with Gasteiger partial charge < -0.3 is 5.32 Å². The maximum absolute atomic E-state index is 12.8. The van der Waals surface area contributed by atoms with Crippen molar-refractivity contribution in [3.8, 4) is 11.8 Å². The Hall–Kier alpha value is -4.27. The Bertz CT molecular complexity index is 1170. The Balaban J connectivity index is 1.33. The largest absolute Gasteiger partial charge is 0.345 e. The van der Waals surface area contributed by atoms with Gasteiger partial charge in [0, 0.05) is 50.2 Å². The average Bonchev–Trinajstić information content (AvgIpc) is 2.93. The summed E-state index contributed by atoms with van der Waals surface area (Å²) in [5.74, 6) is 6.33. The highest BCUT2D eigenvalue weighted by Gasteiger charge is 2.17. The number of aromatic nitrogens is 2. The van der Waals surface area contributed by atoms with Crippen molar-refractivity contribution in [1.29, 1.82) is 0 Å². The fourth-order valence-electron chi connectivity index (χ4n) is 4.10. The first-order valence-electron chi connectivity index (χ1n) is 12.1. The number of hydrogen-bond donors (Lipinski definition) is 1. The summed E-state index contributed by atoms with van der Waals surface area (Å²) in [6.45, 7) is 2.37. The molecule has 4 aromatic rings. The second-order valence-electron chi connectivity index (χ2n) is 8.58. The molecule has 5 nitrogen and oxygen atoms in total. The summed E-state index contributed by atoms with van der Waals surface area (Å²) in [4.78, 5) is 23.5. The van der Waals surface area contributed by atoms with Gasteiger partial charge in [-0.1, -0.05) is 84.6 Å². The summed E-state index contributed by atoms with van der Waals surface area (Å²) < 4.78 is 0. The van der Waals surface area contributed by atoms with Gasteiger partial charge >= 0.3 is 0 Å². The van der Waals surface area contributed by atoms with Gasteiger partial charge in [-0.05, 0) is 34.4 Å². The maximum Gasteiger partial charge on any atom is 0.221 e. The Morgan fingerprint density at radius 3 is 1.81 bits per heavy atom. The van der Waals surface area contributed by atoms with Crippen molar-refractivity contribution in [3.05, 3.63) is 132 Å². The minimum absolute atomic E-state index is 0.00909. The third-order valence-electron chi connectivity index (χ3n) is 5.85. The Labute approximate surface area is 213 Å². The lowest BCUT2D eigenvalue weighted by atomic mass is 9.88. The molecular weight excluding hydrogens is 444 g/mol. The lowest BCUT2D eigenvalue weighted by Gasteiger charge is -2.19. The predicted octanol–water partition coefficient (Wildman–Crippen LogP) is 4.82. The van der Waals surface area contributed by atoms with Crippen molar-refractivity contribution >= 4 is 5.91 Å². The molecule has 5 heteroatoms. The van der Waals surface area contributed by atoms with E-state index in [9.17, 15) is 4.79 Å². The fraction of sp³-hybridized carbons (Fsp3) is 0.194. The van der Waals surface area contributed by atoms with E-state index in [1.807, 2.05) is 60.9 Å². The van der Waals surface area contributed by atoms with Crippen molar-refractivity contribution in [2.75, 3.05) is 13.1 Å². The molecule has 2 aromatic carbocycles. The topological polar surface area (TPSA) is 58.1 Å². The first-order chi connectivity index (χ1) is 17.8. The zero-order chi connectivity index (χ0) is 24.8. The van der Waals surface area contributed by atoms with Gasteiger partial charge in [0.15, 0.2) is 0 Å². The molecule has 0 unspecified atom stereocenters. The molecule has 1 N–H and O–H groups in total. The van der Waals surface area contributed by atoms with Crippen molar-refractivity contribution in [3.63, 3.8) is 0 Å². The molecule has 4 rings (SSSR count). The van der Waals surface area contributed by atoms with Crippen LogP contribution in [0.3, 0.4) is 0 Å². The van der Waals surface area contributed by atoms with Crippen LogP contribution in [0.4, 0.5) is 0 Å². The van der Waals surface area contributed by atoms with Crippen LogP contribution in [0.25, 0.3) is 0 Å². The number of hydrogen-bond acceptors (Lipinski definition) is 4. The van der Waals surface area contributed by atoms with Crippen molar-refractivity contribution in [2.45, 2.75) is 25.4 Å². The third-order valence-corrected chi connectivity index (χ3v) is 5.85. The summed E-state index contributed by atoms with van der Waals surface area (Å²) in [5.41, 5.74) is 4.52. The van der Waals surface area contributed by atoms with Crippen molar-refractivity contribution in [1.82, 2.24) is 20.2 Å². The summed E-state index contributed by atoms with van der Waals surface area (Å²) >= 11 is 0. The van der Waals surface area contributed by atoms with Crippen LogP contribution in [0.1, 0.15) is 34.6 Å². The summed E-state index contributed by atoms with van der Waals surface area (Å²) in [5, 5.41) is 2.97. The second kappa shape index (κ2) is 13.6. The highest BCUT2D eigenvalue weighted by atomic mass is 16.1. The second-order valence-corrected chi connectivity index (χ2v) is 8.58. The van der Waals surface area contributed by atoms with Crippen molar-refractivity contribution in [2.24, 2.45) is 0 Å². The molecule has 180 valence electrons. The van der Waals surface area contributed by atoms with Gasteiger partial charge in [0.25, 0.3) is 0 Å². The molecule has 0 aliphatic carbocycles. The van der Waals surface area contributed by atoms with E-state index in [2.05, 4.69) is 68.4 Å². The number of carbonyl (C=O) groups is 1. The molecule has 0 spiro atoms. The number of carbonyl (C=O) groups excluding carboxylic acids is 1. The van der Waals surface area contributed by atoms with Crippen LogP contribution in [-0.2, 0) is 17.9 Å². The van der Waals surface area contributed by atoms with Crippen LogP contribution in [0.2, 0.25) is 0 Å². The van der Waals surface area contributed by atoms with Gasteiger partial charge in [-0.25, -0.2) is 0 Å². The maximum atomic E-state index is 12.8. The minimum Gasteiger partial charge on any atom is -0.345 e. The molecule has 0 aliphatic rings. The molecule has 0 fully saturated rings. The van der Waals surface area contributed by atoms with Gasteiger partial charge in [0.1, 0.15) is 0 Å². The van der Waals surface area contributed by atoms with E-state index in [-0.39, 0.29) is 11.8 Å². The third kappa shape index (κ3) is 7.90. The monoisotopic (exact) mass is 474 g/mol. The summed E-state index contributed by atoms with van der Waals surface area (Å²) in [6.07, 6.45) is 7.68. The van der Waals surface area contributed by atoms with Gasteiger partial charge in [0.05, 0.1) is 13.1 Å². The highest BCUT2D eigenvalue weighted by molar-refractivity contribution is 5.77. The lowest BCUT2D eigenvalue weighted by Crippen LogP contribution is -2.26. The molecule has 1 amide bonds. The standard InChI is InChI=1S/C31H30N4O/c36-31(21-30(28-13-3-1-4-14-28)29-15-5-2-6-16-29)34-19-7-8-20-35(24-26-11-9-17-32-22-26)25-27-12-10-18-33-23-27/h1-6,9-18,22-23,30H,19-21,24-25H2,(H,34,36). The minimum atomic E-state index is -0.00965. The first kappa shape index (κ1) is 24.8. The molecule has 0 saturated carbocycles. The quantitative estimate of drug-likeness (QED) is 0.335. The van der Waals surface area contributed by atoms with Crippen LogP contribution in [0.15, 0.2) is 110 Å². The summed E-state index contributed by atoms with van der Waals surface area (Å²) in [6, 6.07) is 28.3. The number of amides is 1. The predicted molar refractivity (Wildman–Crippen MR) is 143 cm³/mol. The molecule has 0 saturated heterocycles. The number of pyridine rings is 2. The van der Waals surface area contributed by atoms with Gasteiger partial charge in [-0.15, -0.1) is 0 Å². The van der Waals surface area contributed by atoms with Crippen molar-refractivity contribution < 1.29 is 4.79 Å². The van der Waals surface area contributed by atoms with Crippen LogP contribution in [0, 0.1) is 11.8 Å². The molecule has 0 bridgehead atoms. The van der Waals surface area contributed by atoms with E-state index < -0.39 is 0 Å². The molecular formula is C31H30N4O. The van der Waals surface area contributed by atoms with Gasteiger partial charge in [0.2, 0.25) is 5.91 Å². The van der Waals surface area contributed by atoms with Gasteiger partial charge in [-0.3, -0.25) is 19.7 Å². The lowest BCUT2D eigenvalue weighted by molar-refractivity contribution is -0.121. The van der Waals surface area contributed by atoms with E-state index in [0.29, 0.717) is 19.5 Å². The Morgan fingerprint density at radius 2 is 1.31 bits per heavy atom.